The van der Waals surface area contributed by atoms with Gasteiger partial charge in [0, 0.05) is 13.5 Å². The highest BCUT2D eigenvalue weighted by Gasteiger charge is 2.24. The predicted molar refractivity (Wildman–Crippen MR) is 70.3 cm³/mol. The summed E-state index contributed by atoms with van der Waals surface area (Å²) in [5.41, 5.74) is 5.66. The number of rotatable bonds is 8. The summed E-state index contributed by atoms with van der Waals surface area (Å²) in [7, 11) is 1.47. The molecule has 7 nitrogen and oxygen atoms in total. The molecule has 0 fully saturated rings. The van der Waals surface area contributed by atoms with Crippen LogP contribution in [-0.2, 0) is 14.4 Å². The van der Waals surface area contributed by atoms with Gasteiger partial charge in [0.2, 0.25) is 11.8 Å². The molecular weight excluding hydrogens is 250 g/mol. The smallest absolute Gasteiger partial charge is 0.326 e. The third-order valence-electron chi connectivity index (χ3n) is 2.62. The van der Waals surface area contributed by atoms with Gasteiger partial charge in [-0.2, -0.15) is 0 Å². The maximum Gasteiger partial charge on any atom is 0.326 e. The van der Waals surface area contributed by atoms with Crippen LogP contribution in [0.15, 0.2) is 0 Å². The number of hydrogen-bond acceptors (Lipinski definition) is 4. The van der Waals surface area contributed by atoms with E-state index in [2.05, 4.69) is 10.6 Å². The van der Waals surface area contributed by atoms with Crippen LogP contribution < -0.4 is 16.4 Å². The molecule has 0 heterocycles. The first-order valence-electron chi connectivity index (χ1n) is 6.27. The Morgan fingerprint density at radius 2 is 1.84 bits per heavy atom. The fraction of sp³-hybridized carbons (Fsp3) is 0.750. The Kier molecular flexibility index (Phi) is 7.74. The summed E-state index contributed by atoms with van der Waals surface area (Å²) in [6.07, 6.45) is 0.552. The summed E-state index contributed by atoms with van der Waals surface area (Å²) >= 11 is 0. The minimum atomic E-state index is -1.17. The second-order valence-electron chi connectivity index (χ2n) is 4.85. The summed E-state index contributed by atoms with van der Waals surface area (Å²) in [6, 6.07) is -1.83. The van der Waals surface area contributed by atoms with Crippen LogP contribution in [0.3, 0.4) is 0 Å². The van der Waals surface area contributed by atoms with Crippen molar-refractivity contribution in [2.45, 2.75) is 45.2 Å². The van der Waals surface area contributed by atoms with Crippen molar-refractivity contribution >= 4 is 17.8 Å². The first-order chi connectivity index (χ1) is 8.77. The normalized spacial score (nSPS) is 13.7. The molecule has 2 amide bonds. The molecule has 0 rings (SSSR count). The predicted octanol–water partition coefficient (Wildman–Crippen LogP) is -0.545. The van der Waals surface area contributed by atoms with Crippen molar-refractivity contribution in [2.75, 3.05) is 7.05 Å². The van der Waals surface area contributed by atoms with Crippen LogP contribution in [0, 0.1) is 5.92 Å². The number of nitrogens with one attached hydrogen (secondary N) is 2. The molecule has 110 valence electrons. The van der Waals surface area contributed by atoms with Gasteiger partial charge in [-0.25, -0.2) is 4.79 Å². The molecule has 0 aromatic heterocycles. The molecule has 0 bridgehead atoms. The van der Waals surface area contributed by atoms with E-state index in [0.717, 1.165) is 0 Å². The molecule has 0 aliphatic heterocycles. The van der Waals surface area contributed by atoms with Crippen LogP contribution >= 0.6 is 0 Å². The summed E-state index contributed by atoms with van der Waals surface area (Å²) in [5, 5.41) is 13.7. The van der Waals surface area contributed by atoms with Gasteiger partial charge in [0.05, 0.1) is 6.04 Å². The Balaban J connectivity index is 4.37. The number of nitrogens with two attached hydrogens (primary N) is 1. The van der Waals surface area contributed by atoms with Gasteiger partial charge in [-0.1, -0.05) is 13.8 Å². The lowest BCUT2D eigenvalue weighted by atomic mass is 10.0. The van der Waals surface area contributed by atoms with E-state index in [9.17, 15) is 14.4 Å². The van der Waals surface area contributed by atoms with Crippen LogP contribution in [0.2, 0.25) is 0 Å². The molecule has 0 radical (unpaired) electrons. The summed E-state index contributed by atoms with van der Waals surface area (Å²) in [5.74, 6) is -1.70. The molecule has 19 heavy (non-hydrogen) atoms. The van der Waals surface area contributed by atoms with Gasteiger partial charge in [0.1, 0.15) is 6.04 Å². The second kappa shape index (κ2) is 8.47. The average molecular weight is 273 g/mol. The SMILES string of the molecule is CNC(=O)CC[C@H](NC(=O)[C@@H](N)CC(C)C)C(=O)O. The topological polar surface area (TPSA) is 122 Å². The van der Waals surface area contributed by atoms with Crippen molar-refractivity contribution in [1.29, 1.82) is 0 Å². The quantitative estimate of drug-likeness (QED) is 0.473. The lowest BCUT2D eigenvalue weighted by molar-refractivity contribution is -0.142. The van der Waals surface area contributed by atoms with Crippen molar-refractivity contribution in [3.63, 3.8) is 0 Å². The summed E-state index contributed by atoms with van der Waals surface area (Å²) in [4.78, 5) is 33.8. The summed E-state index contributed by atoms with van der Waals surface area (Å²) < 4.78 is 0. The minimum absolute atomic E-state index is 0.0349. The highest BCUT2D eigenvalue weighted by molar-refractivity contribution is 5.87. The molecule has 7 heteroatoms. The molecule has 0 aromatic carbocycles. The van der Waals surface area contributed by atoms with E-state index < -0.39 is 24.0 Å². The second-order valence-corrected chi connectivity index (χ2v) is 4.85. The van der Waals surface area contributed by atoms with Gasteiger partial charge in [-0.3, -0.25) is 9.59 Å². The fourth-order valence-corrected chi connectivity index (χ4v) is 1.55. The third kappa shape index (κ3) is 7.40. The van der Waals surface area contributed by atoms with Gasteiger partial charge in [0.25, 0.3) is 0 Å². The van der Waals surface area contributed by atoms with Crippen LogP contribution in [0.4, 0.5) is 0 Å². The van der Waals surface area contributed by atoms with Gasteiger partial charge >= 0.3 is 5.97 Å². The first-order valence-corrected chi connectivity index (χ1v) is 6.27. The van der Waals surface area contributed by atoms with Crippen molar-refractivity contribution in [3.05, 3.63) is 0 Å². The molecule has 5 N–H and O–H groups in total. The van der Waals surface area contributed by atoms with E-state index in [4.69, 9.17) is 10.8 Å². The highest BCUT2D eigenvalue weighted by atomic mass is 16.4. The molecule has 0 unspecified atom stereocenters. The molecular formula is C12H23N3O4. The van der Waals surface area contributed by atoms with Crippen LogP contribution in [-0.4, -0.2) is 42.0 Å². The minimum Gasteiger partial charge on any atom is -0.480 e. The number of carbonyl (C=O) groups is 3. The molecule has 0 aliphatic rings. The Labute approximate surface area is 112 Å². The van der Waals surface area contributed by atoms with Crippen LogP contribution in [0.5, 0.6) is 0 Å². The van der Waals surface area contributed by atoms with Crippen molar-refractivity contribution in [3.8, 4) is 0 Å². The molecule has 0 aliphatic carbocycles. The Bertz CT molecular complexity index is 331. The van der Waals surface area contributed by atoms with E-state index >= 15 is 0 Å². The Hall–Kier alpha value is -1.63. The zero-order valence-corrected chi connectivity index (χ0v) is 11.6. The van der Waals surface area contributed by atoms with Gasteiger partial charge in [-0.15, -0.1) is 0 Å². The number of carbonyl (C=O) groups excluding carboxylic acids is 2. The number of amides is 2. The lowest BCUT2D eigenvalue weighted by Gasteiger charge is -2.18. The summed E-state index contributed by atoms with van der Waals surface area (Å²) in [6.45, 7) is 3.85. The van der Waals surface area contributed by atoms with E-state index in [-0.39, 0.29) is 24.7 Å². The largest absolute Gasteiger partial charge is 0.480 e. The number of hydrogen-bond donors (Lipinski definition) is 4. The van der Waals surface area contributed by atoms with Crippen LogP contribution in [0.25, 0.3) is 0 Å². The monoisotopic (exact) mass is 273 g/mol. The van der Waals surface area contributed by atoms with Gasteiger partial charge in [0.15, 0.2) is 0 Å². The molecule has 0 saturated heterocycles. The van der Waals surface area contributed by atoms with E-state index in [1.54, 1.807) is 0 Å². The maximum absolute atomic E-state index is 11.7. The van der Waals surface area contributed by atoms with Crippen molar-refractivity contribution in [1.82, 2.24) is 10.6 Å². The first kappa shape index (κ1) is 17.4. The standard InChI is InChI=1S/C12H23N3O4/c1-7(2)6-8(13)11(17)15-9(12(18)19)4-5-10(16)14-3/h7-9H,4-6,13H2,1-3H3,(H,14,16)(H,15,17)(H,18,19)/t8-,9-/m0/s1. The Morgan fingerprint density at radius 3 is 2.26 bits per heavy atom. The van der Waals surface area contributed by atoms with E-state index in [1.165, 1.54) is 7.05 Å². The van der Waals surface area contributed by atoms with E-state index in [1.807, 2.05) is 13.8 Å². The van der Waals surface area contributed by atoms with E-state index in [0.29, 0.717) is 6.42 Å². The van der Waals surface area contributed by atoms with Gasteiger partial charge in [-0.05, 0) is 18.8 Å². The fourth-order valence-electron chi connectivity index (χ4n) is 1.55. The highest BCUT2D eigenvalue weighted by Crippen LogP contribution is 2.04. The zero-order valence-electron chi connectivity index (χ0n) is 11.6. The zero-order chi connectivity index (χ0) is 15.0. The lowest BCUT2D eigenvalue weighted by Crippen LogP contribution is -2.49. The van der Waals surface area contributed by atoms with Crippen molar-refractivity contribution in [2.24, 2.45) is 11.7 Å². The van der Waals surface area contributed by atoms with Crippen molar-refractivity contribution < 1.29 is 19.5 Å². The molecule has 0 saturated carbocycles. The maximum atomic E-state index is 11.7. The third-order valence-corrected chi connectivity index (χ3v) is 2.62. The van der Waals surface area contributed by atoms with Gasteiger partial charge < -0.3 is 21.5 Å². The molecule has 2 atom stereocenters. The molecule has 0 aromatic rings. The average Bonchev–Trinajstić information content (AvgIpc) is 2.32. The van der Waals surface area contributed by atoms with Crippen LogP contribution in [0.1, 0.15) is 33.1 Å². The number of carboxylic acid groups (broad SMARTS) is 1. The number of aliphatic carboxylic acids is 1. The molecule has 0 spiro atoms. The number of carboxylic acids is 1. The Morgan fingerprint density at radius 1 is 1.26 bits per heavy atom.